The highest BCUT2D eigenvalue weighted by Gasteiger charge is 2.49. The van der Waals surface area contributed by atoms with Crippen LogP contribution in [0.15, 0.2) is 36.4 Å². The zero-order valence-electron chi connectivity index (χ0n) is 21.4. The number of hydrogen-bond donors (Lipinski definition) is 4. The Morgan fingerprint density at radius 2 is 1.24 bits per heavy atom. The molecule has 0 aliphatic carbocycles. The molecule has 11 nitrogen and oxygen atoms in total. The van der Waals surface area contributed by atoms with Gasteiger partial charge in [-0.3, -0.25) is 0 Å². The second kappa shape index (κ2) is 11.2. The van der Waals surface area contributed by atoms with Gasteiger partial charge in [-0.1, -0.05) is 12.1 Å². The third-order valence-electron chi connectivity index (χ3n) is 7.61. The average Bonchev–Trinajstić information content (AvgIpc) is 3.55. The van der Waals surface area contributed by atoms with Crippen LogP contribution >= 0.6 is 0 Å². The Bertz CT molecular complexity index is 1110. The van der Waals surface area contributed by atoms with Crippen molar-refractivity contribution >= 4 is 0 Å². The lowest BCUT2D eigenvalue weighted by Crippen LogP contribution is -2.60. The minimum absolute atomic E-state index is 0.120. The van der Waals surface area contributed by atoms with Gasteiger partial charge in [0.25, 0.3) is 0 Å². The summed E-state index contributed by atoms with van der Waals surface area (Å²) in [7, 11) is 4.69. The molecule has 2 aromatic rings. The average molecular weight is 535 g/mol. The zero-order chi connectivity index (χ0) is 27.0. The van der Waals surface area contributed by atoms with Gasteiger partial charge >= 0.3 is 0 Å². The summed E-state index contributed by atoms with van der Waals surface area (Å²) >= 11 is 0. The Balaban J connectivity index is 1.31. The first kappa shape index (κ1) is 26.9. The number of aliphatic hydroxyl groups excluding tert-OH is 4. The van der Waals surface area contributed by atoms with E-state index in [1.165, 1.54) is 7.11 Å². The monoisotopic (exact) mass is 534 g/mol. The van der Waals surface area contributed by atoms with Crippen LogP contribution in [0.25, 0.3) is 0 Å². The summed E-state index contributed by atoms with van der Waals surface area (Å²) in [6.07, 6.45) is -7.29. The van der Waals surface area contributed by atoms with Crippen LogP contribution in [0.5, 0.6) is 23.0 Å². The standard InChI is InChI=1S/C27H34O11/c1-32-17-6-4-13(8-19(17)33-2)25-15-11-36-26(16(15)12-35-25)14-5-7-18(20(9-14)34-3)37-27-24(31)23(30)22(29)21(10-28)38-27/h4-9,15-16,21-31H,10-12H2,1-3H3/t15-,16-,21+,22+,23-,24+,25-,26+,27+/m0/s1. The molecule has 0 amide bonds. The first-order chi connectivity index (χ1) is 18.4. The third-order valence-corrected chi connectivity index (χ3v) is 7.61. The fourth-order valence-electron chi connectivity index (χ4n) is 5.51. The first-order valence-corrected chi connectivity index (χ1v) is 12.5. The second-order valence-corrected chi connectivity index (χ2v) is 9.68. The highest BCUT2D eigenvalue weighted by Crippen LogP contribution is 2.51. The molecular weight excluding hydrogens is 500 g/mol. The predicted molar refractivity (Wildman–Crippen MR) is 131 cm³/mol. The molecule has 0 unspecified atom stereocenters. The topological polar surface area (TPSA) is 146 Å². The quantitative estimate of drug-likeness (QED) is 0.384. The van der Waals surface area contributed by atoms with Crippen molar-refractivity contribution in [3.8, 4) is 23.0 Å². The molecule has 2 aromatic carbocycles. The van der Waals surface area contributed by atoms with Gasteiger partial charge in [0, 0.05) is 11.8 Å². The lowest BCUT2D eigenvalue weighted by atomic mass is 9.85. The van der Waals surface area contributed by atoms with Crippen LogP contribution in [-0.2, 0) is 14.2 Å². The van der Waals surface area contributed by atoms with Crippen molar-refractivity contribution in [2.75, 3.05) is 41.2 Å². The minimum Gasteiger partial charge on any atom is -0.493 e. The molecule has 3 aliphatic rings. The van der Waals surface area contributed by atoms with Gasteiger partial charge in [-0.25, -0.2) is 0 Å². The predicted octanol–water partition coefficient (Wildman–Crippen LogP) is 0.966. The summed E-state index contributed by atoms with van der Waals surface area (Å²) in [4.78, 5) is 0. The molecule has 3 aliphatic heterocycles. The largest absolute Gasteiger partial charge is 0.493 e. The lowest BCUT2D eigenvalue weighted by Gasteiger charge is -2.39. The minimum atomic E-state index is -1.54. The smallest absolute Gasteiger partial charge is 0.229 e. The molecule has 0 bridgehead atoms. The molecule has 5 rings (SSSR count). The van der Waals surface area contributed by atoms with Crippen LogP contribution in [-0.4, -0.2) is 92.3 Å². The van der Waals surface area contributed by atoms with E-state index in [1.54, 1.807) is 26.4 Å². The van der Waals surface area contributed by atoms with Crippen LogP contribution < -0.4 is 18.9 Å². The molecule has 4 N–H and O–H groups in total. The number of fused-ring (bicyclic) bond motifs is 1. The van der Waals surface area contributed by atoms with Crippen molar-refractivity contribution in [3.05, 3.63) is 47.5 Å². The molecule has 0 spiro atoms. The Kier molecular flexibility index (Phi) is 7.96. The number of methoxy groups -OCH3 is 3. The maximum Gasteiger partial charge on any atom is 0.229 e. The molecule has 38 heavy (non-hydrogen) atoms. The van der Waals surface area contributed by atoms with E-state index in [0.29, 0.717) is 30.5 Å². The first-order valence-electron chi connectivity index (χ1n) is 12.5. The van der Waals surface area contributed by atoms with E-state index in [4.69, 9.17) is 33.2 Å². The fraction of sp³-hybridized carbons (Fsp3) is 0.556. The molecule has 0 saturated carbocycles. The molecule has 9 atom stereocenters. The third kappa shape index (κ3) is 4.79. The van der Waals surface area contributed by atoms with Crippen LogP contribution in [0, 0.1) is 11.8 Å². The molecule has 11 heteroatoms. The van der Waals surface area contributed by atoms with Crippen molar-refractivity contribution in [2.45, 2.75) is 42.9 Å². The van der Waals surface area contributed by atoms with Crippen molar-refractivity contribution in [2.24, 2.45) is 11.8 Å². The number of hydrogen-bond acceptors (Lipinski definition) is 11. The number of aliphatic hydroxyl groups is 4. The van der Waals surface area contributed by atoms with Gasteiger partial charge in [0.05, 0.1) is 53.4 Å². The lowest BCUT2D eigenvalue weighted by molar-refractivity contribution is -0.277. The Morgan fingerprint density at radius 1 is 0.711 bits per heavy atom. The summed E-state index contributed by atoms with van der Waals surface area (Å²) in [5.74, 6) is 2.21. The van der Waals surface area contributed by atoms with Gasteiger partial charge in [0.15, 0.2) is 23.0 Å². The van der Waals surface area contributed by atoms with Gasteiger partial charge in [0.1, 0.15) is 24.4 Å². The Morgan fingerprint density at radius 3 is 1.76 bits per heavy atom. The summed E-state index contributed by atoms with van der Waals surface area (Å²) in [5, 5.41) is 39.8. The maximum atomic E-state index is 10.3. The van der Waals surface area contributed by atoms with E-state index >= 15 is 0 Å². The van der Waals surface area contributed by atoms with Crippen molar-refractivity contribution < 1.29 is 53.6 Å². The molecule has 0 radical (unpaired) electrons. The van der Waals surface area contributed by atoms with E-state index in [0.717, 1.165) is 11.1 Å². The van der Waals surface area contributed by atoms with Gasteiger partial charge < -0.3 is 53.6 Å². The normalized spacial score (nSPS) is 34.6. The second-order valence-electron chi connectivity index (χ2n) is 9.68. The van der Waals surface area contributed by atoms with Crippen LogP contribution in [0.4, 0.5) is 0 Å². The summed E-state index contributed by atoms with van der Waals surface area (Å²) in [6, 6.07) is 11.1. The van der Waals surface area contributed by atoms with Gasteiger partial charge in [-0.2, -0.15) is 0 Å². The molecule has 208 valence electrons. The zero-order valence-corrected chi connectivity index (χ0v) is 21.4. The highest BCUT2D eigenvalue weighted by atomic mass is 16.7. The van der Waals surface area contributed by atoms with E-state index in [2.05, 4.69) is 0 Å². The summed E-state index contributed by atoms with van der Waals surface area (Å²) in [5.41, 5.74) is 1.88. The maximum absolute atomic E-state index is 10.3. The SMILES string of the molecule is COc1ccc([C@@H]2OC[C@H]3[C@@H]2CO[C@@H]3c2ccc(O[C@@H]3O[C@H](CO)[C@@H](O)[C@H](O)[C@H]3O)c(OC)c2)cc1OC. The van der Waals surface area contributed by atoms with E-state index in [-0.39, 0.29) is 29.8 Å². The van der Waals surface area contributed by atoms with E-state index < -0.39 is 37.3 Å². The van der Waals surface area contributed by atoms with Gasteiger partial charge in [0.2, 0.25) is 6.29 Å². The highest BCUT2D eigenvalue weighted by molar-refractivity contribution is 5.45. The van der Waals surface area contributed by atoms with E-state index in [9.17, 15) is 20.4 Å². The molecule has 0 aromatic heterocycles. The molecule has 3 saturated heterocycles. The van der Waals surface area contributed by atoms with Crippen molar-refractivity contribution in [1.82, 2.24) is 0 Å². The van der Waals surface area contributed by atoms with Crippen LogP contribution in [0.1, 0.15) is 23.3 Å². The van der Waals surface area contributed by atoms with E-state index in [1.807, 2.05) is 24.3 Å². The fourth-order valence-corrected chi connectivity index (χ4v) is 5.51. The number of benzene rings is 2. The summed E-state index contributed by atoms with van der Waals surface area (Å²) in [6.45, 7) is 0.508. The molecule has 3 fully saturated rings. The number of ether oxygens (including phenoxy) is 7. The van der Waals surface area contributed by atoms with Crippen LogP contribution in [0.3, 0.4) is 0 Å². The van der Waals surface area contributed by atoms with Crippen LogP contribution in [0.2, 0.25) is 0 Å². The Hall–Kier alpha value is -2.64. The number of rotatable bonds is 8. The van der Waals surface area contributed by atoms with Crippen molar-refractivity contribution in [3.63, 3.8) is 0 Å². The van der Waals surface area contributed by atoms with Gasteiger partial charge in [-0.15, -0.1) is 0 Å². The van der Waals surface area contributed by atoms with Crippen molar-refractivity contribution in [1.29, 1.82) is 0 Å². The molecular formula is C27H34O11. The summed E-state index contributed by atoms with van der Waals surface area (Å²) < 4.78 is 40.1. The Labute approximate surface area is 220 Å². The molecule has 3 heterocycles. The van der Waals surface area contributed by atoms with Gasteiger partial charge in [-0.05, 0) is 35.4 Å².